The van der Waals surface area contributed by atoms with Crippen LogP contribution in [0, 0.1) is 19.3 Å². The predicted molar refractivity (Wildman–Crippen MR) is 43.4 cm³/mol. The molecular weight excluding hydrogens is 142 g/mol. The maximum absolute atomic E-state index is 7.08. The minimum Gasteiger partial charge on any atom is -0.383 e. The monoisotopic (exact) mass is 153 g/mol. The second-order valence-electron chi connectivity index (χ2n) is 2.39. The molecule has 0 saturated carbocycles. The van der Waals surface area contributed by atoms with E-state index in [2.05, 4.69) is 5.10 Å². The van der Waals surface area contributed by atoms with Gasteiger partial charge in [0.2, 0.25) is 5.96 Å². The summed E-state index contributed by atoms with van der Waals surface area (Å²) in [6.45, 7) is 3.67. The highest BCUT2D eigenvalue weighted by molar-refractivity contribution is 5.80. The predicted octanol–water partition coefficient (Wildman–Crippen LogP) is -0.176. The van der Waals surface area contributed by atoms with Crippen LogP contribution in [0.25, 0.3) is 0 Å². The first-order valence-electron chi connectivity index (χ1n) is 3.20. The summed E-state index contributed by atoms with van der Waals surface area (Å²) < 4.78 is 1.21. The van der Waals surface area contributed by atoms with Gasteiger partial charge in [-0.2, -0.15) is 9.78 Å². The zero-order valence-electron chi connectivity index (χ0n) is 6.55. The third-order valence-corrected chi connectivity index (χ3v) is 1.63. The van der Waals surface area contributed by atoms with Crippen molar-refractivity contribution in [2.24, 2.45) is 5.73 Å². The molecule has 0 aromatic carbocycles. The van der Waals surface area contributed by atoms with E-state index in [0.29, 0.717) is 5.82 Å². The number of nitrogen functional groups attached to an aromatic ring is 2. The van der Waals surface area contributed by atoms with Crippen LogP contribution in [0.1, 0.15) is 11.3 Å². The van der Waals surface area contributed by atoms with Gasteiger partial charge in [-0.05, 0) is 13.8 Å². The first-order valence-corrected chi connectivity index (χ1v) is 3.20. The number of hydrogen-bond donors (Lipinski definition) is 3. The Morgan fingerprint density at radius 1 is 1.55 bits per heavy atom. The number of rotatable bonds is 0. The van der Waals surface area contributed by atoms with Gasteiger partial charge < -0.3 is 11.5 Å². The van der Waals surface area contributed by atoms with E-state index in [1.54, 1.807) is 0 Å². The number of aryl methyl sites for hydroxylation is 1. The van der Waals surface area contributed by atoms with Crippen LogP contribution < -0.4 is 11.5 Å². The Kier molecular flexibility index (Phi) is 1.56. The maximum atomic E-state index is 7.08. The van der Waals surface area contributed by atoms with Crippen LogP contribution in [0.4, 0.5) is 5.82 Å². The van der Waals surface area contributed by atoms with Gasteiger partial charge in [-0.1, -0.05) is 0 Å². The van der Waals surface area contributed by atoms with E-state index in [1.165, 1.54) is 4.68 Å². The van der Waals surface area contributed by atoms with Crippen LogP contribution in [-0.4, -0.2) is 15.7 Å². The lowest BCUT2D eigenvalue weighted by Gasteiger charge is -1.98. The summed E-state index contributed by atoms with van der Waals surface area (Å²) in [6, 6.07) is 0. The molecular formula is C6H11N5. The van der Waals surface area contributed by atoms with Crippen molar-refractivity contribution in [3.63, 3.8) is 0 Å². The SMILES string of the molecule is Cc1nn(C(=N)N)c(N)c1C. The Balaban J connectivity index is 3.29. The van der Waals surface area contributed by atoms with Crippen molar-refractivity contribution in [3.8, 4) is 0 Å². The smallest absolute Gasteiger partial charge is 0.215 e. The number of nitrogens with two attached hydrogens (primary N) is 2. The Morgan fingerprint density at radius 2 is 2.09 bits per heavy atom. The molecule has 11 heavy (non-hydrogen) atoms. The molecule has 0 aliphatic heterocycles. The summed E-state index contributed by atoms with van der Waals surface area (Å²) in [4.78, 5) is 0. The van der Waals surface area contributed by atoms with Crippen molar-refractivity contribution in [3.05, 3.63) is 11.3 Å². The standard InChI is InChI=1S/C6H11N5/c1-3-4(2)10-11(5(3)7)6(8)9/h7H2,1-2H3,(H3,8,9). The fraction of sp³-hybridized carbons (Fsp3) is 0.333. The molecule has 0 bridgehead atoms. The van der Waals surface area contributed by atoms with Crippen LogP contribution >= 0.6 is 0 Å². The first-order chi connectivity index (χ1) is 5.04. The molecule has 1 aromatic rings. The molecule has 0 radical (unpaired) electrons. The fourth-order valence-electron chi connectivity index (χ4n) is 0.807. The quantitative estimate of drug-likeness (QED) is 0.356. The highest BCUT2D eigenvalue weighted by Gasteiger charge is 2.08. The highest BCUT2D eigenvalue weighted by atomic mass is 15.4. The number of anilines is 1. The van der Waals surface area contributed by atoms with Crippen LogP contribution in [0.2, 0.25) is 0 Å². The first kappa shape index (κ1) is 7.59. The van der Waals surface area contributed by atoms with Crippen molar-refractivity contribution >= 4 is 11.8 Å². The van der Waals surface area contributed by atoms with Crippen LogP contribution in [0.5, 0.6) is 0 Å². The van der Waals surface area contributed by atoms with E-state index >= 15 is 0 Å². The average Bonchev–Trinajstić information content (AvgIpc) is 2.17. The zero-order valence-corrected chi connectivity index (χ0v) is 6.55. The molecule has 1 heterocycles. The summed E-state index contributed by atoms with van der Waals surface area (Å²) in [7, 11) is 0. The number of aromatic nitrogens is 2. The lowest BCUT2D eigenvalue weighted by molar-refractivity contribution is 0.900. The largest absolute Gasteiger partial charge is 0.383 e. The topological polar surface area (TPSA) is 93.7 Å². The molecule has 5 N–H and O–H groups in total. The van der Waals surface area contributed by atoms with Gasteiger partial charge in [0.15, 0.2) is 0 Å². The van der Waals surface area contributed by atoms with E-state index < -0.39 is 0 Å². The van der Waals surface area contributed by atoms with Crippen molar-refractivity contribution in [1.82, 2.24) is 9.78 Å². The fourth-order valence-corrected chi connectivity index (χ4v) is 0.807. The maximum Gasteiger partial charge on any atom is 0.215 e. The molecule has 1 aromatic heterocycles. The molecule has 0 spiro atoms. The van der Waals surface area contributed by atoms with Crippen LogP contribution in [-0.2, 0) is 0 Å². The third-order valence-electron chi connectivity index (χ3n) is 1.63. The number of hydrogen-bond acceptors (Lipinski definition) is 3. The second kappa shape index (κ2) is 2.26. The van der Waals surface area contributed by atoms with Crippen molar-refractivity contribution in [1.29, 1.82) is 5.41 Å². The van der Waals surface area contributed by atoms with Gasteiger partial charge in [-0.15, -0.1) is 0 Å². The summed E-state index contributed by atoms with van der Waals surface area (Å²) in [5.74, 6) is 0.286. The van der Waals surface area contributed by atoms with Gasteiger partial charge in [0.25, 0.3) is 0 Å². The molecule has 5 heteroatoms. The van der Waals surface area contributed by atoms with Gasteiger partial charge in [0.1, 0.15) is 5.82 Å². The van der Waals surface area contributed by atoms with Gasteiger partial charge in [0.05, 0.1) is 5.69 Å². The molecule has 0 saturated heterocycles. The molecule has 0 aliphatic carbocycles. The Morgan fingerprint density at radius 3 is 2.27 bits per heavy atom. The van der Waals surface area contributed by atoms with Crippen LogP contribution in [0.15, 0.2) is 0 Å². The average molecular weight is 153 g/mol. The Labute approximate surface area is 64.5 Å². The van der Waals surface area contributed by atoms with E-state index in [9.17, 15) is 0 Å². The molecule has 0 atom stereocenters. The van der Waals surface area contributed by atoms with Gasteiger partial charge >= 0.3 is 0 Å². The van der Waals surface area contributed by atoms with Crippen molar-refractivity contribution in [2.45, 2.75) is 13.8 Å². The van der Waals surface area contributed by atoms with E-state index in [-0.39, 0.29) is 5.96 Å². The molecule has 0 fully saturated rings. The van der Waals surface area contributed by atoms with E-state index in [0.717, 1.165) is 11.3 Å². The minimum atomic E-state index is -0.154. The summed E-state index contributed by atoms with van der Waals surface area (Å²) in [5.41, 5.74) is 12.5. The van der Waals surface area contributed by atoms with Gasteiger partial charge in [0, 0.05) is 5.56 Å². The molecule has 0 amide bonds. The lowest BCUT2D eigenvalue weighted by Crippen LogP contribution is -2.23. The van der Waals surface area contributed by atoms with Gasteiger partial charge in [-0.3, -0.25) is 5.41 Å². The molecule has 1 rings (SSSR count). The second-order valence-corrected chi connectivity index (χ2v) is 2.39. The highest BCUT2D eigenvalue weighted by Crippen LogP contribution is 2.12. The summed E-state index contributed by atoms with van der Waals surface area (Å²) >= 11 is 0. The minimum absolute atomic E-state index is 0.154. The van der Waals surface area contributed by atoms with E-state index in [4.69, 9.17) is 16.9 Å². The normalized spacial score (nSPS) is 10.0. The zero-order chi connectivity index (χ0) is 8.59. The molecule has 0 aliphatic rings. The lowest BCUT2D eigenvalue weighted by atomic mass is 10.3. The number of nitrogens with zero attached hydrogens (tertiary/aromatic N) is 2. The third kappa shape index (κ3) is 1.04. The molecule has 5 nitrogen and oxygen atoms in total. The van der Waals surface area contributed by atoms with Crippen molar-refractivity contribution in [2.75, 3.05) is 5.73 Å². The summed E-state index contributed by atoms with van der Waals surface area (Å²) in [6.07, 6.45) is 0. The van der Waals surface area contributed by atoms with Crippen molar-refractivity contribution < 1.29 is 0 Å². The number of nitrogens with one attached hydrogen (secondary N) is 1. The van der Waals surface area contributed by atoms with Gasteiger partial charge in [-0.25, -0.2) is 0 Å². The summed E-state index contributed by atoms with van der Waals surface area (Å²) in [5, 5.41) is 11.0. The Hall–Kier alpha value is -1.52. The van der Waals surface area contributed by atoms with E-state index in [1.807, 2.05) is 13.8 Å². The Bertz CT molecular complexity index is 298. The molecule has 60 valence electrons. The molecule has 0 unspecified atom stereocenters. The van der Waals surface area contributed by atoms with Crippen LogP contribution in [0.3, 0.4) is 0 Å².